The highest BCUT2D eigenvalue weighted by atomic mass is 31.2. The molecule has 0 bridgehead atoms. The number of carbonyl (C=O) groups excluding carboxylic acids is 4. The van der Waals surface area contributed by atoms with Gasteiger partial charge in [-0.15, -0.1) is 0 Å². The van der Waals surface area contributed by atoms with Crippen LogP contribution in [-0.2, 0) is 65.4 Å². The van der Waals surface area contributed by atoms with Gasteiger partial charge in [0.05, 0.1) is 26.4 Å². The molecule has 0 rings (SSSR count). The van der Waals surface area contributed by atoms with Gasteiger partial charge in [-0.3, -0.25) is 37.3 Å². The zero-order valence-electron chi connectivity index (χ0n) is 59.6. The Hall–Kier alpha value is -3.24. The van der Waals surface area contributed by atoms with Crippen LogP contribution in [0.4, 0.5) is 0 Å². The van der Waals surface area contributed by atoms with Gasteiger partial charge in [0.1, 0.15) is 19.3 Å². The lowest BCUT2D eigenvalue weighted by atomic mass is 10.0. The fourth-order valence-corrected chi connectivity index (χ4v) is 11.7. The molecule has 0 aromatic carbocycles. The lowest BCUT2D eigenvalue weighted by Gasteiger charge is -2.21. The molecule has 0 aliphatic rings. The van der Waals surface area contributed by atoms with Crippen LogP contribution < -0.4 is 0 Å². The molecule has 548 valence electrons. The Morgan fingerprint density at radius 1 is 0.298 bits per heavy atom. The second-order valence-electron chi connectivity index (χ2n) is 25.2. The van der Waals surface area contributed by atoms with Crippen LogP contribution in [0.15, 0.2) is 60.8 Å². The molecule has 0 aliphatic heterocycles. The van der Waals surface area contributed by atoms with Gasteiger partial charge >= 0.3 is 39.5 Å². The summed E-state index contributed by atoms with van der Waals surface area (Å²) in [5.41, 5.74) is 0. The van der Waals surface area contributed by atoms with Crippen LogP contribution in [0.1, 0.15) is 336 Å². The monoisotopic (exact) mass is 1370 g/mol. The van der Waals surface area contributed by atoms with E-state index >= 15 is 0 Å². The van der Waals surface area contributed by atoms with Crippen molar-refractivity contribution in [1.29, 1.82) is 0 Å². The second-order valence-corrected chi connectivity index (χ2v) is 28.1. The predicted molar refractivity (Wildman–Crippen MR) is 381 cm³/mol. The molecule has 0 saturated heterocycles. The van der Waals surface area contributed by atoms with Crippen LogP contribution in [0.2, 0.25) is 0 Å². The molecule has 17 nitrogen and oxygen atoms in total. The number of phosphoric acid groups is 2. The van der Waals surface area contributed by atoms with Gasteiger partial charge in [0, 0.05) is 25.7 Å². The minimum atomic E-state index is -4.97. The molecule has 94 heavy (non-hydrogen) atoms. The summed E-state index contributed by atoms with van der Waals surface area (Å²) in [7, 11) is -9.93. The van der Waals surface area contributed by atoms with Crippen LogP contribution >= 0.6 is 15.6 Å². The van der Waals surface area contributed by atoms with E-state index in [9.17, 15) is 43.2 Å². The van der Waals surface area contributed by atoms with E-state index in [4.69, 9.17) is 37.0 Å². The summed E-state index contributed by atoms with van der Waals surface area (Å²) in [4.78, 5) is 72.6. The summed E-state index contributed by atoms with van der Waals surface area (Å²) in [5, 5.41) is 10.6. The number of esters is 4. The number of ether oxygens (including phenoxy) is 4. The van der Waals surface area contributed by atoms with E-state index in [2.05, 4.69) is 88.5 Å². The molecule has 0 fully saturated rings. The molecule has 3 N–H and O–H groups in total. The van der Waals surface area contributed by atoms with E-state index in [1.54, 1.807) is 0 Å². The highest BCUT2D eigenvalue weighted by Crippen LogP contribution is 2.45. The van der Waals surface area contributed by atoms with Crippen LogP contribution in [0.5, 0.6) is 0 Å². The van der Waals surface area contributed by atoms with Crippen molar-refractivity contribution >= 4 is 39.5 Å². The Kier molecular flexibility index (Phi) is 65.9. The summed E-state index contributed by atoms with van der Waals surface area (Å²) in [6.45, 7) is 4.77. The third-order valence-corrected chi connectivity index (χ3v) is 17.9. The predicted octanol–water partition coefficient (Wildman–Crippen LogP) is 21.1. The number of allylic oxidation sites excluding steroid dienone is 10. The molecular formula is C75H136O17P2. The van der Waals surface area contributed by atoms with Crippen LogP contribution in [-0.4, -0.2) is 96.7 Å². The molecule has 0 saturated carbocycles. The van der Waals surface area contributed by atoms with Crippen molar-refractivity contribution in [2.75, 3.05) is 39.6 Å². The van der Waals surface area contributed by atoms with Crippen molar-refractivity contribution in [1.82, 2.24) is 0 Å². The molecule has 0 aromatic rings. The lowest BCUT2D eigenvalue weighted by Crippen LogP contribution is -2.30. The summed E-state index contributed by atoms with van der Waals surface area (Å²) in [5.74, 6) is -2.18. The number of rotatable bonds is 71. The third-order valence-electron chi connectivity index (χ3n) is 16.0. The second kappa shape index (κ2) is 68.3. The molecule has 0 heterocycles. The first-order valence-corrected chi connectivity index (χ1v) is 40.5. The SMILES string of the molecule is CCCC/C=C\CCCCCCCC(=O)OC(COC(=O)CCCCCCCC/C=C\C/C=C\C/C=C\CCCCC)COP(=O)(O)OCC(O)COP(=O)(O)OCC(COC(=O)CCCCCCCCCCCCCCC)OC(=O)CCCCCCC/C=C\CCCC. The Morgan fingerprint density at radius 2 is 0.532 bits per heavy atom. The average Bonchev–Trinajstić information content (AvgIpc) is 1.24. The van der Waals surface area contributed by atoms with Gasteiger partial charge in [-0.25, -0.2) is 9.13 Å². The molecule has 0 radical (unpaired) electrons. The highest BCUT2D eigenvalue weighted by molar-refractivity contribution is 7.47. The average molecular weight is 1370 g/mol. The maximum Gasteiger partial charge on any atom is 0.472 e. The number of hydrogen-bond donors (Lipinski definition) is 3. The third kappa shape index (κ3) is 67.3. The van der Waals surface area contributed by atoms with E-state index in [0.29, 0.717) is 25.7 Å². The summed E-state index contributed by atoms with van der Waals surface area (Å²) in [6, 6.07) is 0. The number of aliphatic hydroxyl groups excluding tert-OH is 1. The molecule has 5 atom stereocenters. The quantitative estimate of drug-likeness (QED) is 0.0169. The smallest absolute Gasteiger partial charge is 0.462 e. The molecule has 19 heteroatoms. The molecule has 0 spiro atoms. The fraction of sp³-hybridized carbons (Fsp3) is 0.813. The van der Waals surface area contributed by atoms with Crippen LogP contribution in [0.25, 0.3) is 0 Å². The van der Waals surface area contributed by atoms with E-state index in [1.165, 1.54) is 103 Å². The van der Waals surface area contributed by atoms with Crippen molar-refractivity contribution in [2.45, 2.75) is 354 Å². The summed E-state index contributed by atoms with van der Waals surface area (Å²) in [6.07, 6.45) is 65.1. The Labute approximate surface area is 571 Å². The first kappa shape index (κ1) is 90.8. The van der Waals surface area contributed by atoms with Gasteiger partial charge in [-0.05, 0) is 103 Å². The molecule has 0 aromatic heterocycles. The maximum absolute atomic E-state index is 13.0. The molecule has 0 amide bonds. The minimum absolute atomic E-state index is 0.0845. The Bertz CT molecular complexity index is 2030. The number of hydrogen-bond acceptors (Lipinski definition) is 15. The van der Waals surface area contributed by atoms with Gasteiger partial charge in [0.25, 0.3) is 0 Å². The first-order valence-electron chi connectivity index (χ1n) is 37.5. The maximum atomic E-state index is 13.0. The number of aliphatic hydroxyl groups is 1. The van der Waals surface area contributed by atoms with Crippen LogP contribution in [0, 0.1) is 0 Å². The van der Waals surface area contributed by atoms with E-state index in [1.807, 2.05) is 0 Å². The van der Waals surface area contributed by atoms with Gasteiger partial charge in [0.2, 0.25) is 0 Å². The van der Waals surface area contributed by atoms with Crippen molar-refractivity contribution in [3.05, 3.63) is 60.8 Å². The number of carbonyl (C=O) groups is 4. The molecule has 0 aliphatic carbocycles. The largest absolute Gasteiger partial charge is 0.472 e. The van der Waals surface area contributed by atoms with Gasteiger partial charge in [0.15, 0.2) is 12.2 Å². The van der Waals surface area contributed by atoms with Crippen LogP contribution in [0.3, 0.4) is 0 Å². The normalized spacial score (nSPS) is 14.3. The summed E-state index contributed by atoms with van der Waals surface area (Å²) >= 11 is 0. The van der Waals surface area contributed by atoms with Crippen molar-refractivity contribution in [3.8, 4) is 0 Å². The van der Waals surface area contributed by atoms with E-state index < -0.39 is 97.5 Å². The number of phosphoric ester groups is 2. The Balaban J connectivity index is 5.26. The fourth-order valence-electron chi connectivity index (χ4n) is 10.1. The zero-order valence-corrected chi connectivity index (χ0v) is 61.4. The van der Waals surface area contributed by atoms with Gasteiger partial charge in [-0.1, -0.05) is 268 Å². The number of unbranched alkanes of at least 4 members (excludes halogenated alkanes) is 35. The van der Waals surface area contributed by atoms with Crippen molar-refractivity contribution in [2.24, 2.45) is 0 Å². The zero-order chi connectivity index (χ0) is 69.0. The van der Waals surface area contributed by atoms with Gasteiger partial charge < -0.3 is 33.8 Å². The summed E-state index contributed by atoms with van der Waals surface area (Å²) < 4.78 is 68.3. The highest BCUT2D eigenvalue weighted by Gasteiger charge is 2.30. The minimum Gasteiger partial charge on any atom is -0.462 e. The first-order chi connectivity index (χ1) is 45.7. The Morgan fingerprint density at radius 3 is 0.862 bits per heavy atom. The van der Waals surface area contributed by atoms with Crippen molar-refractivity contribution in [3.63, 3.8) is 0 Å². The molecular weight excluding hydrogens is 1230 g/mol. The van der Waals surface area contributed by atoms with Gasteiger partial charge in [-0.2, -0.15) is 0 Å². The van der Waals surface area contributed by atoms with Crippen molar-refractivity contribution < 1.29 is 80.2 Å². The van der Waals surface area contributed by atoms with E-state index in [0.717, 1.165) is 154 Å². The topological polar surface area (TPSA) is 237 Å². The lowest BCUT2D eigenvalue weighted by molar-refractivity contribution is -0.161. The molecule has 5 unspecified atom stereocenters. The standard InChI is InChI=1S/C75H136O17P2/c1-5-9-13-17-21-25-29-31-32-33-34-35-36-38-42-44-48-52-56-60-73(78)86-66-71(92-75(80)62-58-54-50-46-40-28-24-20-16-12-8-4)68-90-94(83,84)88-64-69(76)63-87-93(81,82)89-67-70(91-74(79)61-57-53-49-45-39-27-23-19-15-11-7-3)65-85-72(77)59-55-51-47-43-41-37-30-26-22-18-14-10-6-2/h19-21,23-25,31-32,34-35,69-71,76H,5-18,22,26-30,33,36-68H2,1-4H3,(H,81,82)(H,83,84)/b23-19-,24-20-,25-21-,32-31-,35-34-. The van der Waals surface area contributed by atoms with E-state index in [-0.39, 0.29) is 25.7 Å².